The first-order valence-corrected chi connectivity index (χ1v) is 31.7. The first-order chi connectivity index (χ1) is 37.7. The van der Waals surface area contributed by atoms with E-state index in [1.165, 1.54) is 75.3 Å². The number of aromatic amines is 3. The topological polar surface area (TPSA) is 194 Å². The SMILES string of the molecule is CCCCCCCCCCCCCCCC(=O)OCC(COP(=O)(O)OCC[N+](C)(C)C)OC(=O)CCC1C2=C3CC(=O)c4c3[nH]c(c4C)C=c3[nH]c(c(C)c3CC)=Cc3[nH]c(c(C)c3C(C)OCCCCCC)C=C(N2)C1C. The van der Waals surface area contributed by atoms with Gasteiger partial charge in [-0.2, -0.15) is 0 Å². The van der Waals surface area contributed by atoms with Crippen molar-refractivity contribution in [1.29, 1.82) is 0 Å². The van der Waals surface area contributed by atoms with Crippen molar-refractivity contribution >= 4 is 49.3 Å². The quantitative estimate of drug-likeness (QED) is 0.0163. The number of phosphoric acid groups is 1. The predicted molar refractivity (Wildman–Crippen MR) is 316 cm³/mol. The normalized spacial score (nSPS) is 17.5. The molecule has 3 aromatic heterocycles. The van der Waals surface area contributed by atoms with E-state index >= 15 is 0 Å². The van der Waals surface area contributed by atoms with Crippen LogP contribution in [0.5, 0.6) is 0 Å². The summed E-state index contributed by atoms with van der Waals surface area (Å²) in [4.78, 5) is 63.1. The van der Waals surface area contributed by atoms with E-state index in [-0.39, 0.29) is 56.2 Å². The number of Topliss-reactive ketones (excluding diaryl/α,β-unsaturated/α-hetero) is 1. The molecule has 6 rings (SSSR count). The van der Waals surface area contributed by atoms with E-state index in [2.05, 4.69) is 87.0 Å². The minimum Gasteiger partial charge on any atom is -0.462 e. The zero-order valence-electron chi connectivity index (χ0n) is 50.1. The molecule has 5 unspecified atom stereocenters. The zero-order valence-corrected chi connectivity index (χ0v) is 51.0. The number of hydrogen-bond donors (Lipinski definition) is 5. The number of likely N-dealkylation sites (N-methyl/N-ethyl adjacent to an activating group) is 1. The Bertz CT molecular complexity index is 2760. The Morgan fingerprint density at radius 3 is 1.99 bits per heavy atom. The Kier molecular flexibility index (Phi) is 24.6. The van der Waals surface area contributed by atoms with E-state index in [9.17, 15) is 23.8 Å². The minimum absolute atomic E-state index is 0.0313. The minimum atomic E-state index is -4.55. The van der Waals surface area contributed by atoms with Crippen LogP contribution in [0.15, 0.2) is 11.4 Å². The van der Waals surface area contributed by atoms with Gasteiger partial charge >= 0.3 is 19.8 Å². The van der Waals surface area contributed by atoms with E-state index in [4.69, 9.17) is 23.3 Å². The predicted octanol–water partition coefficient (Wildman–Crippen LogP) is 12.5. The third-order valence-corrected chi connectivity index (χ3v) is 17.4. The Labute approximate surface area is 472 Å². The number of H-pyrrole nitrogens is 3. The first-order valence-electron chi connectivity index (χ1n) is 30.3. The summed E-state index contributed by atoms with van der Waals surface area (Å²) in [5.41, 5.74) is 12.4. The second kappa shape index (κ2) is 30.5. The van der Waals surface area contributed by atoms with Crippen LogP contribution in [0.3, 0.4) is 0 Å². The molecule has 0 spiro atoms. The largest absolute Gasteiger partial charge is 0.472 e. The van der Waals surface area contributed by atoms with Gasteiger partial charge in [0.05, 0.1) is 39.5 Å². The molecule has 16 heteroatoms. The lowest BCUT2D eigenvalue weighted by molar-refractivity contribution is -0.870. The van der Waals surface area contributed by atoms with E-state index in [1.54, 1.807) is 0 Å². The molecule has 79 heavy (non-hydrogen) atoms. The van der Waals surface area contributed by atoms with Crippen molar-refractivity contribution in [3.63, 3.8) is 0 Å². The lowest BCUT2D eigenvalue weighted by Gasteiger charge is -2.24. The Morgan fingerprint density at radius 1 is 0.722 bits per heavy atom. The lowest BCUT2D eigenvalue weighted by Crippen LogP contribution is -2.37. The highest BCUT2D eigenvalue weighted by Crippen LogP contribution is 2.46. The molecule has 3 aromatic rings. The van der Waals surface area contributed by atoms with Crippen molar-refractivity contribution in [1.82, 2.24) is 20.3 Å². The van der Waals surface area contributed by atoms with Gasteiger partial charge in [-0.1, -0.05) is 124 Å². The van der Waals surface area contributed by atoms with Crippen molar-refractivity contribution in [2.24, 2.45) is 11.8 Å². The van der Waals surface area contributed by atoms with Gasteiger partial charge in [0.1, 0.15) is 19.8 Å². The van der Waals surface area contributed by atoms with Gasteiger partial charge < -0.3 is 43.9 Å². The summed E-state index contributed by atoms with van der Waals surface area (Å²) in [6, 6.07) is 0. The molecule has 0 saturated carbocycles. The molecule has 1 aliphatic carbocycles. The van der Waals surface area contributed by atoms with Crippen LogP contribution in [0.4, 0.5) is 0 Å². The number of phosphoric ester groups is 1. The fourth-order valence-electron chi connectivity index (χ4n) is 11.6. The maximum atomic E-state index is 14.1. The standard InChI is InChI=1S/C63H98N5O10P/c1-12-15-17-19-20-21-22-23-24-25-26-27-28-30-58(70)75-40-47(41-77-79(72,73)76-35-33-68(9,10)11)78-59(71)32-31-49-43(5)52-37-53-44(6)60(46(8)74-34-29-18-16-13-2)56(65-53)39-51-42(4)48(14-3)55(64-51)38-54-45(7)61-57(69)36-50(62(49)66-52)63(61)67-54/h37-39,43,46-47,49,64-65H,12-36,40-41H2,1-11H3,(H2-,66,67,69,72,73)/p+1. The highest BCUT2D eigenvalue weighted by Gasteiger charge is 2.40. The van der Waals surface area contributed by atoms with E-state index < -0.39 is 32.5 Å². The number of ketones is 1. The molecule has 0 radical (unpaired) electrons. The van der Waals surface area contributed by atoms with Crippen molar-refractivity contribution in [3.05, 3.63) is 78.2 Å². The molecule has 8 bridgehead atoms. The summed E-state index contributed by atoms with van der Waals surface area (Å²) in [6.07, 6.45) is 26.7. The van der Waals surface area contributed by atoms with Gasteiger partial charge in [-0.3, -0.25) is 23.4 Å². The molecule has 1 saturated heterocycles. The number of carbonyl (C=O) groups excluding carboxylic acids is 3. The molecule has 5 N–H and O–H groups in total. The molecule has 2 aliphatic heterocycles. The van der Waals surface area contributed by atoms with Crippen LogP contribution < -0.4 is 16.0 Å². The van der Waals surface area contributed by atoms with Gasteiger partial charge in [0.25, 0.3) is 0 Å². The summed E-state index contributed by atoms with van der Waals surface area (Å²) >= 11 is 0. The van der Waals surface area contributed by atoms with Gasteiger partial charge in [0, 0.05) is 93.6 Å². The number of carbonyl (C=O) groups is 3. The number of allylic oxidation sites excluding steroid dienone is 3. The number of unbranched alkanes of at least 4 members (excludes halogenated alkanes) is 15. The summed E-state index contributed by atoms with van der Waals surface area (Å²) < 4.78 is 42.4. The highest BCUT2D eigenvalue weighted by atomic mass is 31.2. The van der Waals surface area contributed by atoms with E-state index in [0.717, 1.165) is 112 Å². The van der Waals surface area contributed by atoms with Gasteiger partial charge in [-0.15, -0.1) is 0 Å². The van der Waals surface area contributed by atoms with Crippen LogP contribution in [-0.4, -0.2) is 102 Å². The number of aromatic nitrogens is 3. The summed E-state index contributed by atoms with van der Waals surface area (Å²) in [5, 5.41) is 5.79. The molecule has 0 amide bonds. The Hall–Kier alpha value is -4.50. The van der Waals surface area contributed by atoms with Gasteiger partial charge in [0.15, 0.2) is 11.9 Å². The summed E-state index contributed by atoms with van der Waals surface area (Å²) in [5.74, 6) is -1.32. The maximum Gasteiger partial charge on any atom is 0.472 e. The first kappa shape index (κ1) is 63.7. The van der Waals surface area contributed by atoms with Gasteiger partial charge in [-0.25, -0.2) is 4.57 Å². The second-order valence-electron chi connectivity index (χ2n) is 23.7. The number of esters is 2. The van der Waals surface area contributed by atoms with Crippen LogP contribution in [-0.2, 0) is 43.8 Å². The highest BCUT2D eigenvalue weighted by molar-refractivity contribution is 7.47. The molecule has 0 aromatic carbocycles. The van der Waals surface area contributed by atoms with E-state index in [1.807, 2.05) is 28.1 Å². The molecule has 3 aliphatic rings. The zero-order chi connectivity index (χ0) is 57.3. The molecule has 5 atom stereocenters. The van der Waals surface area contributed by atoms with Crippen LogP contribution in [0.1, 0.15) is 237 Å². The molecule has 1 fully saturated rings. The molecular weight excluding hydrogens is 1020 g/mol. The number of quaternary nitrogens is 1. The summed E-state index contributed by atoms with van der Waals surface area (Å²) in [7, 11) is 1.27. The van der Waals surface area contributed by atoms with Crippen molar-refractivity contribution in [2.75, 3.05) is 54.1 Å². The number of ether oxygens (including phenoxy) is 3. The Balaban J connectivity index is 1.21. The maximum absolute atomic E-state index is 14.1. The smallest absolute Gasteiger partial charge is 0.462 e. The third-order valence-electron chi connectivity index (χ3n) is 16.4. The lowest BCUT2D eigenvalue weighted by atomic mass is 9.86. The van der Waals surface area contributed by atoms with Crippen LogP contribution in [0.2, 0.25) is 0 Å². The monoisotopic (exact) mass is 1120 g/mol. The average Bonchev–Trinajstić information content (AvgIpc) is 4.36. The fourth-order valence-corrected chi connectivity index (χ4v) is 12.3. The fraction of sp³-hybridized carbons (Fsp3) is 0.667. The van der Waals surface area contributed by atoms with Crippen molar-refractivity contribution in [2.45, 2.75) is 209 Å². The summed E-state index contributed by atoms with van der Waals surface area (Å²) in [6.45, 7) is 17.4. The number of fused-ring (bicyclic) bond motifs is 7. The van der Waals surface area contributed by atoms with Crippen LogP contribution in [0, 0.1) is 32.6 Å². The van der Waals surface area contributed by atoms with Crippen LogP contribution >= 0.6 is 7.82 Å². The van der Waals surface area contributed by atoms with Crippen molar-refractivity contribution in [3.8, 4) is 0 Å². The van der Waals surface area contributed by atoms with Crippen LogP contribution in [0.25, 0.3) is 23.8 Å². The number of nitrogens with zero attached hydrogens (tertiary/aromatic N) is 1. The van der Waals surface area contributed by atoms with Gasteiger partial charge in [-0.05, 0) is 93.9 Å². The number of rotatable bonds is 35. The average molecular weight is 1120 g/mol. The third kappa shape index (κ3) is 18.2. The number of nitrogens with one attached hydrogen (secondary N) is 4. The second-order valence-corrected chi connectivity index (χ2v) is 25.2. The van der Waals surface area contributed by atoms with Gasteiger partial charge in [0.2, 0.25) is 0 Å². The number of hydrogen-bond acceptors (Lipinski definition) is 10. The molecule has 5 heterocycles. The molecule has 440 valence electrons. The Morgan fingerprint density at radius 2 is 1.34 bits per heavy atom. The molecule has 15 nitrogen and oxygen atoms in total. The van der Waals surface area contributed by atoms with E-state index in [0.29, 0.717) is 36.0 Å². The van der Waals surface area contributed by atoms with Crippen molar-refractivity contribution < 1.29 is 51.6 Å². The molecular formula is C63H99N5O10P+.